The summed E-state index contributed by atoms with van der Waals surface area (Å²) in [5, 5.41) is 5.85. The number of carbonyl (C=O) groups excluding carboxylic acids is 1. The highest BCUT2D eigenvalue weighted by molar-refractivity contribution is 7.10. The summed E-state index contributed by atoms with van der Waals surface area (Å²) in [6.07, 6.45) is 3.93. The van der Waals surface area contributed by atoms with Crippen LogP contribution in [0, 0.1) is 5.92 Å². The van der Waals surface area contributed by atoms with Gasteiger partial charge in [-0.05, 0) is 42.7 Å². The number of hydrogen-bond acceptors (Lipinski definition) is 3. The minimum Gasteiger partial charge on any atom is -0.330 e. The average molecular weight is 306 g/mol. The fourth-order valence-electron chi connectivity index (χ4n) is 3.63. The lowest BCUT2D eigenvalue weighted by Gasteiger charge is -2.38. The molecule has 21 heavy (non-hydrogen) atoms. The van der Waals surface area contributed by atoms with Gasteiger partial charge in [0.1, 0.15) is 0 Å². The summed E-state index contributed by atoms with van der Waals surface area (Å²) >= 11 is 1.82. The van der Waals surface area contributed by atoms with Crippen LogP contribution in [-0.2, 0) is 11.2 Å². The number of nitrogens with zero attached hydrogens (tertiary/aromatic N) is 1. The maximum Gasteiger partial charge on any atom is 0.223 e. The predicted molar refractivity (Wildman–Crippen MR) is 87.6 cm³/mol. The number of rotatable bonds is 5. The second kappa shape index (κ2) is 6.09. The lowest BCUT2D eigenvalue weighted by molar-refractivity contribution is -0.131. The number of amides is 1. The van der Waals surface area contributed by atoms with Crippen molar-refractivity contribution in [3.05, 3.63) is 21.9 Å². The third kappa shape index (κ3) is 2.76. The van der Waals surface area contributed by atoms with Gasteiger partial charge >= 0.3 is 0 Å². The lowest BCUT2D eigenvalue weighted by Crippen LogP contribution is -2.50. The third-order valence-corrected chi connectivity index (χ3v) is 6.42. The molecule has 3 rings (SSSR count). The highest BCUT2D eigenvalue weighted by Crippen LogP contribution is 2.43. The van der Waals surface area contributed by atoms with Crippen LogP contribution in [0.3, 0.4) is 0 Å². The van der Waals surface area contributed by atoms with Crippen molar-refractivity contribution < 1.29 is 4.79 Å². The second-order valence-electron chi connectivity index (χ2n) is 6.61. The van der Waals surface area contributed by atoms with Gasteiger partial charge in [-0.25, -0.2) is 0 Å². The Kier molecular flexibility index (Phi) is 4.36. The van der Waals surface area contributed by atoms with E-state index in [-0.39, 0.29) is 0 Å². The molecule has 1 amide bonds. The van der Waals surface area contributed by atoms with E-state index >= 15 is 0 Å². The molecule has 1 N–H and O–H groups in total. The molecule has 0 aromatic carbocycles. The highest BCUT2D eigenvalue weighted by Gasteiger charge is 2.42. The number of nitrogens with one attached hydrogen (secondary N) is 1. The van der Waals surface area contributed by atoms with Crippen molar-refractivity contribution in [3.63, 3.8) is 0 Å². The van der Waals surface area contributed by atoms with Crippen LogP contribution in [0.2, 0.25) is 0 Å². The van der Waals surface area contributed by atoms with Gasteiger partial charge in [0.2, 0.25) is 5.91 Å². The highest BCUT2D eigenvalue weighted by atomic mass is 32.1. The zero-order valence-corrected chi connectivity index (χ0v) is 14.1. The molecule has 2 aliphatic rings. The van der Waals surface area contributed by atoms with Crippen LogP contribution in [0.15, 0.2) is 11.4 Å². The molecule has 0 aliphatic carbocycles. The average Bonchev–Trinajstić information content (AvgIpc) is 3.10. The largest absolute Gasteiger partial charge is 0.330 e. The topological polar surface area (TPSA) is 32.3 Å². The first-order valence-corrected chi connectivity index (χ1v) is 9.10. The van der Waals surface area contributed by atoms with E-state index in [1.807, 2.05) is 11.3 Å². The number of thiophene rings is 1. The minimum atomic E-state index is 0.332. The van der Waals surface area contributed by atoms with Gasteiger partial charge in [0.25, 0.3) is 0 Å². The molecule has 0 unspecified atom stereocenters. The van der Waals surface area contributed by atoms with E-state index < -0.39 is 0 Å². The molecule has 3 heterocycles. The molecular weight excluding hydrogens is 280 g/mol. The van der Waals surface area contributed by atoms with Crippen LogP contribution < -0.4 is 5.32 Å². The smallest absolute Gasteiger partial charge is 0.223 e. The van der Waals surface area contributed by atoms with E-state index in [1.165, 1.54) is 16.9 Å². The summed E-state index contributed by atoms with van der Waals surface area (Å²) < 4.78 is 0. The molecule has 1 fully saturated rings. The fourth-order valence-corrected chi connectivity index (χ4v) is 4.70. The van der Waals surface area contributed by atoms with Crippen LogP contribution in [-0.4, -0.2) is 29.4 Å². The van der Waals surface area contributed by atoms with Crippen LogP contribution in [0.4, 0.5) is 0 Å². The molecule has 1 aromatic heterocycles. The molecule has 1 aromatic rings. The summed E-state index contributed by atoms with van der Waals surface area (Å²) in [6.45, 7) is 7.71. The number of hydrogen-bond donors (Lipinski definition) is 1. The van der Waals surface area contributed by atoms with Gasteiger partial charge in [0, 0.05) is 29.9 Å². The third-order valence-electron chi connectivity index (χ3n) is 5.36. The Labute approximate surface area is 131 Å². The molecule has 3 nitrogen and oxygen atoms in total. The quantitative estimate of drug-likeness (QED) is 0.904. The van der Waals surface area contributed by atoms with Gasteiger partial charge in [-0.2, -0.15) is 0 Å². The van der Waals surface area contributed by atoms with Gasteiger partial charge in [0.15, 0.2) is 0 Å². The Morgan fingerprint density at radius 1 is 1.48 bits per heavy atom. The fraction of sp³-hybridized carbons (Fsp3) is 0.706. The zero-order chi connectivity index (χ0) is 15.0. The summed E-state index contributed by atoms with van der Waals surface area (Å²) in [5.74, 6) is 1.03. The van der Waals surface area contributed by atoms with E-state index in [0.717, 1.165) is 25.8 Å². The Morgan fingerprint density at radius 3 is 3.05 bits per heavy atom. The lowest BCUT2D eigenvalue weighted by atomic mass is 9.94. The monoisotopic (exact) mass is 306 g/mol. The minimum absolute atomic E-state index is 0.332. The number of carbonyl (C=O) groups is 1. The first kappa shape index (κ1) is 15.0. The van der Waals surface area contributed by atoms with Crippen LogP contribution in [0.5, 0.6) is 0 Å². The van der Waals surface area contributed by atoms with Crippen molar-refractivity contribution in [1.82, 2.24) is 10.2 Å². The molecule has 116 valence electrons. The summed E-state index contributed by atoms with van der Waals surface area (Å²) in [7, 11) is 0. The second-order valence-corrected chi connectivity index (χ2v) is 7.55. The SMILES string of the molecule is CC[C@H](C)[C@@H](C)NC[C@@H]1Cc2ccsc2[C@H]2CCC(=O)N12. The molecule has 4 atom stereocenters. The standard InChI is InChI=1S/C17H26N2OS/c1-4-11(2)12(3)18-10-14-9-13-7-8-21-17(13)15-5-6-16(20)19(14)15/h7-8,11-12,14-15,18H,4-6,9-10H2,1-3H3/t11-,12+,14-,15+/m0/s1. The van der Waals surface area contributed by atoms with E-state index in [9.17, 15) is 4.79 Å². The summed E-state index contributed by atoms with van der Waals surface area (Å²) in [6, 6.07) is 3.45. The predicted octanol–water partition coefficient (Wildman–Crippen LogP) is 3.36. The van der Waals surface area contributed by atoms with Crippen molar-refractivity contribution in [2.75, 3.05) is 6.54 Å². The maximum absolute atomic E-state index is 12.3. The molecule has 0 radical (unpaired) electrons. The molecule has 0 spiro atoms. The molecular formula is C17H26N2OS. The molecule has 2 aliphatic heterocycles. The van der Waals surface area contributed by atoms with E-state index in [1.54, 1.807) is 0 Å². The van der Waals surface area contributed by atoms with Crippen molar-refractivity contribution in [2.45, 2.75) is 64.6 Å². The Bertz CT molecular complexity index is 513. The molecule has 0 saturated carbocycles. The van der Waals surface area contributed by atoms with Crippen LogP contribution in [0.1, 0.15) is 56.5 Å². The number of fused-ring (bicyclic) bond motifs is 3. The molecule has 4 heteroatoms. The van der Waals surface area contributed by atoms with Crippen molar-refractivity contribution in [2.24, 2.45) is 5.92 Å². The van der Waals surface area contributed by atoms with E-state index in [2.05, 4.69) is 42.4 Å². The summed E-state index contributed by atoms with van der Waals surface area (Å²) in [4.78, 5) is 15.9. The Balaban J connectivity index is 1.72. The van der Waals surface area contributed by atoms with Gasteiger partial charge in [-0.1, -0.05) is 20.3 Å². The summed E-state index contributed by atoms with van der Waals surface area (Å²) in [5.41, 5.74) is 1.47. The van der Waals surface area contributed by atoms with Crippen molar-refractivity contribution in [1.29, 1.82) is 0 Å². The zero-order valence-electron chi connectivity index (χ0n) is 13.3. The van der Waals surface area contributed by atoms with Gasteiger partial charge < -0.3 is 10.2 Å². The molecule has 0 bridgehead atoms. The molecule has 1 saturated heterocycles. The van der Waals surface area contributed by atoms with Gasteiger partial charge in [0.05, 0.1) is 6.04 Å². The van der Waals surface area contributed by atoms with Crippen LogP contribution >= 0.6 is 11.3 Å². The normalized spacial score (nSPS) is 27.4. The maximum atomic E-state index is 12.3. The first-order valence-electron chi connectivity index (χ1n) is 8.22. The first-order chi connectivity index (χ1) is 10.1. The van der Waals surface area contributed by atoms with E-state index in [4.69, 9.17) is 0 Å². The Hall–Kier alpha value is -0.870. The van der Waals surface area contributed by atoms with E-state index in [0.29, 0.717) is 30.0 Å². The Morgan fingerprint density at radius 2 is 2.29 bits per heavy atom. The van der Waals surface area contributed by atoms with Gasteiger partial charge in [-0.3, -0.25) is 4.79 Å². The van der Waals surface area contributed by atoms with Gasteiger partial charge in [-0.15, -0.1) is 11.3 Å². The van der Waals surface area contributed by atoms with Crippen LogP contribution in [0.25, 0.3) is 0 Å². The van der Waals surface area contributed by atoms with Crippen molar-refractivity contribution in [3.8, 4) is 0 Å². The van der Waals surface area contributed by atoms with Crippen molar-refractivity contribution >= 4 is 17.2 Å².